The topological polar surface area (TPSA) is 24.9 Å². The zero-order chi connectivity index (χ0) is 13.7. The van der Waals surface area contributed by atoms with Crippen molar-refractivity contribution in [3.05, 3.63) is 30.1 Å². The molecule has 1 fully saturated rings. The molecule has 2 atom stereocenters. The van der Waals surface area contributed by atoms with Crippen LogP contribution in [0.15, 0.2) is 24.5 Å². The molecule has 0 aromatic carbocycles. The fourth-order valence-corrected chi connectivity index (χ4v) is 3.51. The van der Waals surface area contributed by atoms with Crippen molar-refractivity contribution in [2.24, 2.45) is 11.8 Å². The van der Waals surface area contributed by atoms with Crippen molar-refractivity contribution in [3.63, 3.8) is 0 Å². The van der Waals surface area contributed by atoms with Gasteiger partial charge in [0.2, 0.25) is 0 Å². The number of hydrogen-bond acceptors (Lipinski definition) is 2. The summed E-state index contributed by atoms with van der Waals surface area (Å²) in [6.07, 6.45) is 9.39. The van der Waals surface area contributed by atoms with Gasteiger partial charge in [-0.3, -0.25) is 4.98 Å². The van der Waals surface area contributed by atoms with Gasteiger partial charge < -0.3 is 5.32 Å². The first-order chi connectivity index (χ1) is 9.22. The van der Waals surface area contributed by atoms with Crippen LogP contribution in [0.3, 0.4) is 0 Å². The third kappa shape index (κ3) is 3.79. The molecule has 1 aromatic heterocycles. The van der Waals surface area contributed by atoms with Gasteiger partial charge in [0.15, 0.2) is 0 Å². The lowest BCUT2D eigenvalue weighted by Crippen LogP contribution is -2.41. The third-order valence-corrected chi connectivity index (χ3v) is 4.78. The van der Waals surface area contributed by atoms with Crippen LogP contribution in [0.1, 0.15) is 57.9 Å². The smallest absolute Gasteiger partial charge is 0.0270 e. The second kappa shape index (κ2) is 7.04. The van der Waals surface area contributed by atoms with E-state index in [0.717, 1.165) is 18.4 Å². The molecular weight excluding hydrogens is 232 g/mol. The molecular formula is C17H28N2. The van der Waals surface area contributed by atoms with Gasteiger partial charge in [-0.1, -0.05) is 33.6 Å². The van der Waals surface area contributed by atoms with Gasteiger partial charge in [0.25, 0.3) is 0 Å². The Morgan fingerprint density at radius 2 is 1.84 bits per heavy atom. The highest BCUT2D eigenvalue weighted by Gasteiger charge is 2.29. The van der Waals surface area contributed by atoms with Gasteiger partial charge in [0, 0.05) is 18.4 Å². The van der Waals surface area contributed by atoms with Crippen LogP contribution in [0, 0.1) is 11.8 Å². The van der Waals surface area contributed by atoms with Crippen molar-refractivity contribution in [2.75, 3.05) is 6.54 Å². The average Bonchev–Trinajstić information content (AvgIpc) is 2.46. The van der Waals surface area contributed by atoms with Crippen LogP contribution in [0.5, 0.6) is 0 Å². The maximum absolute atomic E-state index is 4.14. The molecule has 1 aliphatic carbocycles. The van der Waals surface area contributed by atoms with Gasteiger partial charge in [-0.2, -0.15) is 0 Å². The van der Waals surface area contributed by atoms with Gasteiger partial charge in [-0.25, -0.2) is 0 Å². The van der Waals surface area contributed by atoms with Crippen LogP contribution in [0.25, 0.3) is 0 Å². The number of rotatable bonds is 5. The molecule has 0 spiro atoms. The van der Waals surface area contributed by atoms with Gasteiger partial charge in [0.1, 0.15) is 0 Å². The highest BCUT2D eigenvalue weighted by molar-refractivity contribution is 5.17. The Morgan fingerprint density at radius 3 is 2.42 bits per heavy atom. The molecule has 0 aliphatic heterocycles. The van der Waals surface area contributed by atoms with E-state index in [0.29, 0.717) is 12.0 Å². The lowest BCUT2D eigenvalue weighted by molar-refractivity contribution is 0.214. The molecule has 1 aliphatic rings. The Bertz CT molecular complexity index is 355. The number of nitrogens with one attached hydrogen (secondary N) is 1. The molecule has 0 amide bonds. The third-order valence-electron chi connectivity index (χ3n) is 4.78. The lowest BCUT2D eigenvalue weighted by Gasteiger charge is -2.37. The highest BCUT2D eigenvalue weighted by atomic mass is 14.9. The van der Waals surface area contributed by atoms with Crippen LogP contribution in [0.2, 0.25) is 0 Å². The second-order valence-corrected chi connectivity index (χ2v) is 6.17. The minimum absolute atomic E-state index is 0.571. The molecule has 2 rings (SSSR count). The van der Waals surface area contributed by atoms with Crippen molar-refractivity contribution in [1.82, 2.24) is 10.3 Å². The van der Waals surface area contributed by atoms with Crippen LogP contribution in [-0.2, 0) is 0 Å². The summed E-state index contributed by atoms with van der Waals surface area (Å²) >= 11 is 0. The van der Waals surface area contributed by atoms with Gasteiger partial charge in [-0.05, 0) is 54.8 Å². The molecule has 2 nitrogen and oxygen atoms in total. The Balaban J connectivity index is 2.06. The van der Waals surface area contributed by atoms with Crippen LogP contribution < -0.4 is 5.32 Å². The average molecular weight is 260 g/mol. The van der Waals surface area contributed by atoms with Crippen molar-refractivity contribution >= 4 is 0 Å². The number of hydrogen-bond donors (Lipinski definition) is 1. The maximum atomic E-state index is 4.14. The fraction of sp³-hybridized carbons (Fsp3) is 0.706. The molecule has 1 N–H and O–H groups in total. The molecule has 2 heteroatoms. The highest BCUT2D eigenvalue weighted by Crippen LogP contribution is 2.35. The summed E-state index contributed by atoms with van der Waals surface area (Å²) in [6, 6.07) is 4.95. The molecule has 1 heterocycles. The molecule has 0 radical (unpaired) electrons. The van der Waals surface area contributed by atoms with Crippen molar-refractivity contribution in [1.29, 1.82) is 0 Å². The minimum Gasteiger partial charge on any atom is -0.313 e. The van der Waals surface area contributed by atoms with E-state index in [1.165, 1.54) is 31.2 Å². The number of aromatic nitrogens is 1. The first kappa shape index (κ1) is 14.5. The number of nitrogens with zero attached hydrogens (tertiary/aromatic N) is 1. The Kier molecular flexibility index (Phi) is 5.38. The summed E-state index contributed by atoms with van der Waals surface area (Å²) in [5.74, 6) is 2.33. The van der Waals surface area contributed by atoms with E-state index in [9.17, 15) is 0 Å². The first-order valence-electron chi connectivity index (χ1n) is 7.85. The molecule has 2 unspecified atom stereocenters. The molecule has 19 heavy (non-hydrogen) atoms. The van der Waals surface area contributed by atoms with Crippen molar-refractivity contribution in [3.8, 4) is 0 Å². The Hall–Kier alpha value is -0.890. The van der Waals surface area contributed by atoms with E-state index in [-0.39, 0.29) is 0 Å². The molecule has 0 bridgehead atoms. The SMILES string of the molecule is CCNC(C1CCC(C)CC1)C(C)c1ccncc1. The molecule has 1 saturated carbocycles. The van der Waals surface area contributed by atoms with Crippen LogP contribution >= 0.6 is 0 Å². The lowest BCUT2D eigenvalue weighted by atomic mass is 9.74. The second-order valence-electron chi connectivity index (χ2n) is 6.17. The van der Waals surface area contributed by atoms with Gasteiger partial charge in [0.05, 0.1) is 0 Å². The normalized spacial score (nSPS) is 26.9. The summed E-state index contributed by atoms with van der Waals surface area (Å²) in [5, 5.41) is 3.74. The molecule has 0 saturated heterocycles. The zero-order valence-corrected chi connectivity index (χ0v) is 12.6. The standard InChI is InChI=1S/C17H28N2/c1-4-19-17(16-7-5-13(2)6-8-16)14(3)15-9-11-18-12-10-15/h9-14,16-17,19H,4-8H2,1-3H3. The van der Waals surface area contributed by atoms with Crippen molar-refractivity contribution < 1.29 is 0 Å². The Morgan fingerprint density at radius 1 is 1.21 bits per heavy atom. The summed E-state index contributed by atoms with van der Waals surface area (Å²) in [4.78, 5) is 4.14. The summed E-state index contributed by atoms with van der Waals surface area (Å²) in [6.45, 7) is 8.04. The van der Waals surface area contributed by atoms with Gasteiger partial charge >= 0.3 is 0 Å². The van der Waals surface area contributed by atoms with E-state index in [4.69, 9.17) is 0 Å². The molecule has 106 valence electrons. The summed E-state index contributed by atoms with van der Waals surface area (Å²) < 4.78 is 0. The fourth-order valence-electron chi connectivity index (χ4n) is 3.51. The zero-order valence-electron chi connectivity index (χ0n) is 12.6. The predicted octanol–water partition coefficient (Wildman–Crippen LogP) is 3.99. The van der Waals surface area contributed by atoms with Crippen molar-refractivity contribution in [2.45, 2.75) is 58.4 Å². The first-order valence-corrected chi connectivity index (χ1v) is 7.85. The summed E-state index contributed by atoms with van der Waals surface area (Å²) in [5.41, 5.74) is 1.42. The van der Waals surface area contributed by atoms with E-state index in [2.05, 4.69) is 43.2 Å². The number of likely N-dealkylation sites (N-methyl/N-ethyl adjacent to an activating group) is 1. The van der Waals surface area contributed by atoms with E-state index in [1.54, 1.807) is 0 Å². The molecule has 1 aromatic rings. The Labute approximate surface area is 118 Å². The number of pyridine rings is 1. The maximum Gasteiger partial charge on any atom is 0.0270 e. The van der Waals surface area contributed by atoms with Crippen LogP contribution in [-0.4, -0.2) is 17.6 Å². The summed E-state index contributed by atoms with van der Waals surface area (Å²) in [7, 11) is 0. The van der Waals surface area contributed by atoms with Crippen LogP contribution in [0.4, 0.5) is 0 Å². The van der Waals surface area contributed by atoms with E-state index < -0.39 is 0 Å². The van der Waals surface area contributed by atoms with E-state index in [1.807, 2.05) is 12.4 Å². The quantitative estimate of drug-likeness (QED) is 0.866. The van der Waals surface area contributed by atoms with Gasteiger partial charge in [-0.15, -0.1) is 0 Å². The monoisotopic (exact) mass is 260 g/mol. The largest absolute Gasteiger partial charge is 0.313 e. The van der Waals surface area contributed by atoms with E-state index >= 15 is 0 Å². The minimum atomic E-state index is 0.571. The predicted molar refractivity (Wildman–Crippen MR) is 81.2 cm³/mol.